The van der Waals surface area contributed by atoms with Gasteiger partial charge in [0.1, 0.15) is 28.7 Å². The van der Waals surface area contributed by atoms with E-state index in [1.54, 1.807) is 19.1 Å². The Bertz CT molecular complexity index is 2390. The molecule has 3 fully saturated rings. The number of carbonyl (C=O) groups excluding carboxylic acids is 4. The molecule has 1 aromatic carbocycles. The van der Waals surface area contributed by atoms with Crippen molar-refractivity contribution in [3.63, 3.8) is 0 Å². The van der Waals surface area contributed by atoms with E-state index < -0.39 is 111 Å². The van der Waals surface area contributed by atoms with Crippen molar-refractivity contribution < 1.29 is 81.3 Å². The summed E-state index contributed by atoms with van der Waals surface area (Å²) in [6, 6.07) is 2.60. The standard InChI is InChI=1S/C42H47F9N4O9S/c1-23-32-27(28-18-26(11-12-29(28)52-23)62-22-40(43,44)45)13-14-38(64-32)20-30-33(57)53-39(35(59)54-65(60,61)36(2)15-16-36)19-25(39)10-8-6-4-5-7-9-24(34(58)55(30)21-38)17-31(56)63-37(3,41(46,47)48)42(49,50)51/h8,10-12,18,24-25,30H,4-7,9,13-17,19-22H2,1-3H3,(H,53,57)(H,54,59)/b10-8-/t24-,25-,30+,38-,39-/m1/s1. The van der Waals surface area contributed by atoms with E-state index in [4.69, 9.17) is 9.47 Å². The number of pyridine rings is 1. The zero-order valence-electron chi connectivity index (χ0n) is 35.4. The lowest BCUT2D eigenvalue weighted by Crippen LogP contribution is -2.58. The van der Waals surface area contributed by atoms with Gasteiger partial charge in [0, 0.05) is 29.2 Å². The summed E-state index contributed by atoms with van der Waals surface area (Å²) < 4.78 is 165. The molecule has 2 aromatic rings. The number of amides is 3. The predicted molar refractivity (Wildman–Crippen MR) is 210 cm³/mol. The monoisotopic (exact) mass is 954 g/mol. The van der Waals surface area contributed by atoms with Crippen LogP contribution in [0.1, 0.15) is 95.7 Å². The van der Waals surface area contributed by atoms with E-state index in [9.17, 15) is 67.1 Å². The Morgan fingerprint density at radius 1 is 1.00 bits per heavy atom. The fourth-order valence-electron chi connectivity index (χ4n) is 8.80. The highest BCUT2D eigenvalue weighted by molar-refractivity contribution is 7.91. The molecular formula is C42H47F9N4O9S. The maximum absolute atomic E-state index is 14.8. The Morgan fingerprint density at radius 2 is 1.69 bits per heavy atom. The summed E-state index contributed by atoms with van der Waals surface area (Å²) in [4.78, 5) is 62.0. The molecule has 7 rings (SSSR count). The molecule has 5 atom stereocenters. The largest absolute Gasteiger partial charge is 0.484 e. The second-order valence-electron chi connectivity index (χ2n) is 18.2. The van der Waals surface area contributed by atoms with Gasteiger partial charge >= 0.3 is 24.5 Å². The van der Waals surface area contributed by atoms with Gasteiger partial charge in [0.05, 0.1) is 28.9 Å². The van der Waals surface area contributed by atoms with Crippen molar-refractivity contribution in [2.24, 2.45) is 11.8 Å². The number of aromatic nitrogens is 1. The molecule has 4 heterocycles. The average molecular weight is 955 g/mol. The molecule has 2 saturated carbocycles. The third-order valence-electron chi connectivity index (χ3n) is 13.3. The number of aryl methyl sites for hydroxylation is 2. The van der Waals surface area contributed by atoms with E-state index >= 15 is 0 Å². The maximum atomic E-state index is 14.8. The molecule has 1 spiro atoms. The fraction of sp³-hybridized carbons (Fsp3) is 0.643. The second kappa shape index (κ2) is 16.5. The first-order valence-corrected chi connectivity index (χ1v) is 22.5. The zero-order valence-corrected chi connectivity index (χ0v) is 36.2. The van der Waals surface area contributed by atoms with Crippen LogP contribution in [0, 0.1) is 18.8 Å². The number of nitrogens with zero attached hydrogens (tertiary/aromatic N) is 2. The van der Waals surface area contributed by atoms with E-state index in [0.717, 1.165) is 4.90 Å². The minimum absolute atomic E-state index is 0.0265. The molecule has 1 saturated heterocycles. The quantitative estimate of drug-likeness (QED) is 0.160. The number of hydrogen-bond acceptors (Lipinski definition) is 10. The molecule has 5 aliphatic rings. The summed E-state index contributed by atoms with van der Waals surface area (Å²) >= 11 is 0. The van der Waals surface area contributed by atoms with Gasteiger partial charge in [0.2, 0.25) is 21.8 Å². The van der Waals surface area contributed by atoms with Crippen LogP contribution in [-0.2, 0) is 40.4 Å². The van der Waals surface area contributed by atoms with Gasteiger partial charge < -0.3 is 24.4 Å². The third kappa shape index (κ3) is 9.43. The van der Waals surface area contributed by atoms with Crippen LogP contribution >= 0.6 is 0 Å². The van der Waals surface area contributed by atoms with Crippen molar-refractivity contribution in [2.75, 3.05) is 13.2 Å². The van der Waals surface area contributed by atoms with Gasteiger partial charge in [0.15, 0.2) is 6.61 Å². The number of halogens is 9. The number of allylic oxidation sites excluding steroid dienone is 1. The lowest BCUT2D eigenvalue weighted by molar-refractivity contribution is -0.363. The molecule has 0 bridgehead atoms. The lowest BCUT2D eigenvalue weighted by atomic mass is 9.87. The van der Waals surface area contributed by atoms with Crippen LogP contribution in [0.3, 0.4) is 0 Å². The Balaban J connectivity index is 1.24. The smallest absolute Gasteiger partial charge is 0.437 e. The second-order valence-corrected chi connectivity index (χ2v) is 20.4. The minimum Gasteiger partial charge on any atom is -0.484 e. The highest BCUT2D eigenvalue weighted by atomic mass is 32.2. The lowest BCUT2D eigenvalue weighted by Gasteiger charge is -2.37. The number of hydrogen-bond donors (Lipinski definition) is 2. The van der Waals surface area contributed by atoms with Crippen LogP contribution < -0.4 is 19.5 Å². The van der Waals surface area contributed by atoms with Crippen molar-refractivity contribution in [1.82, 2.24) is 19.9 Å². The molecule has 13 nitrogen and oxygen atoms in total. The summed E-state index contributed by atoms with van der Waals surface area (Å²) in [7, 11) is -4.20. The molecule has 23 heteroatoms. The molecule has 65 heavy (non-hydrogen) atoms. The predicted octanol–water partition coefficient (Wildman–Crippen LogP) is 6.98. The van der Waals surface area contributed by atoms with Crippen molar-refractivity contribution in [3.05, 3.63) is 41.6 Å². The summed E-state index contributed by atoms with van der Waals surface area (Å²) in [6.45, 7) is 0.726. The van der Waals surface area contributed by atoms with Crippen molar-refractivity contribution in [2.45, 2.75) is 144 Å². The number of carbonyl (C=O) groups is 4. The van der Waals surface area contributed by atoms with Gasteiger partial charge in [-0.1, -0.05) is 25.0 Å². The summed E-state index contributed by atoms with van der Waals surface area (Å²) in [5.74, 6) is -7.17. The molecule has 0 unspecified atom stereocenters. The van der Waals surface area contributed by atoms with Crippen LogP contribution in [-0.4, -0.2) is 101 Å². The average Bonchev–Trinajstić information content (AvgIpc) is 4.09. The maximum Gasteiger partial charge on any atom is 0.437 e. The first-order chi connectivity index (χ1) is 30.0. The third-order valence-corrected chi connectivity index (χ3v) is 15.4. The van der Waals surface area contributed by atoms with Gasteiger partial charge in [-0.2, -0.15) is 39.5 Å². The molecule has 2 aliphatic carbocycles. The Labute approximate surface area is 367 Å². The van der Waals surface area contributed by atoms with Gasteiger partial charge in [-0.3, -0.25) is 23.9 Å². The van der Waals surface area contributed by atoms with E-state index in [-0.39, 0.29) is 56.9 Å². The highest BCUT2D eigenvalue weighted by Gasteiger charge is 2.71. The normalized spacial score (nSPS) is 27.8. The van der Waals surface area contributed by atoms with E-state index in [2.05, 4.69) is 19.8 Å². The molecule has 0 radical (unpaired) electrons. The number of alkyl halides is 9. The first kappa shape index (κ1) is 48.1. The summed E-state index contributed by atoms with van der Waals surface area (Å²) in [5, 5.41) is 3.07. The van der Waals surface area contributed by atoms with Crippen molar-refractivity contribution in [1.29, 1.82) is 0 Å². The number of benzene rings is 1. The number of ether oxygens (including phenoxy) is 3. The van der Waals surface area contributed by atoms with Crippen LogP contribution in [0.5, 0.6) is 11.5 Å². The van der Waals surface area contributed by atoms with E-state index in [1.807, 2.05) is 0 Å². The number of sulfonamides is 1. The molecule has 358 valence electrons. The number of rotatable bonds is 8. The Morgan fingerprint density at radius 3 is 2.34 bits per heavy atom. The van der Waals surface area contributed by atoms with Crippen LogP contribution in [0.15, 0.2) is 30.4 Å². The van der Waals surface area contributed by atoms with Crippen LogP contribution in [0.25, 0.3) is 10.9 Å². The molecule has 3 amide bonds. The van der Waals surface area contributed by atoms with Gasteiger partial charge in [-0.05, 0) is 90.3 Å². The Kier molecular flexibility index (Phi) is 12.2. The molecular weight excluding hydrogens is 908 g/mol. The van der Waals surface area contributed by atoms with Crippen LogP contribution in [0.2, 0.25) is 0 Å². The van der Waals surface area contributed by atoms with E-state index in [1.165, 1.54) is 25.1 Å². The van der Waals surface area contributed by atoms with Gasteiger partial charge in [0.25, 0.3) is 11.5 Å². The number of nitrogens with one attached hydrogen (secondary N) is 2. The minimum atomic E-state index is -6.09. The number of esters is 1. The zero-order chi connectivity index (χ0) is 47.8. The van der Waals surface area contributed by atoms with E-state index in [0.29, 0.717) is 54.3 Å². The van der Waals surface area contributed by atoms with Crippen LogP contribution in [0.4, 0.5) is 39.5 Å². The summed E-state index contributed by atoms with van der Waals surface area (Å²) in [6.07, 6.45) is -13.0. The topological polar surface area (TPSA) is 170 Å². The first-order valence-electron chi connectivity index (χ1n) is 21.1. The SMILES string of the molecule is Cc1nc2ccc(OCC(F)(F)F)cc2c2c1O[C@]1(CC2)C[C@H]2C(=O)N[C@]3(C(=O)NS(=O)(=O)C4(C)CC4)C[C@H]3/C=C\CCCCC[C@H](CC(=O)OC(C)(C(F)(F)F)C(F)(F)F)C(=O)N2C1. The Hall–Kier alpha value is -4.83. The summed E-state index contributed by atoms with van der Waals surface area (Å²) in [5.41, 5.74) is -6.93. The highest BCUT2D eigenvalue weighted by Crippen LogP contribution is 2.50. The fourth-order valence-corrected chi connectivity index (χ4v) is 10.1. The molecule has 3 aliphatic heterocycles. The van der Waals surface area contributed by atoms with Crippen molar-refractivity contribution in [3.8, 4) is 11.5 Å². The molecule has 1 aromatic heterocycles. The van der Waals surface area contributed by atoms with Crippen molar-refractivity contribution >= 4 is 44.6 Å². The molecule has 2 N–H and O–H groups in total. The number of fused-ring (bicyclic) bond motifs is 5. The van der Waals surface area contributed by atoms with Gasteiger partial charge in [-0.15, -0.1) is 0 Å². The van der Waals surface area contributed by atoms with Gasteiger partial charge in [-0.25, -0.2) is 13.4 Å².